The van der Waals surface area contributed by atoms with Gasteiger partial charge in [-0.3, -0.25) is 4.79 Å². The number of para-hydroxylation sites is 1. The van der Waals surface area contributed by atoms with Crippen LogP contribution in [-0.2, 0) is 16.4 Å². The van der Waals surface area contributed by atoms with E-state index >= 15 is 0 Å². The number of benzene rings is 2. The summed E-state index contributed by atoms with van der Waals surface area (Å²) in [6.45, 7) is 6.27. The maximum atomic E-state index is 13.3. The van der Waals surface area contributed by atoms with Gasteiger partial charge in [0.25, 0.3) is 5.91 Å². The highest BCUT2D eigenvalue weighted by atomic mass is 35.5. The zero-order valence-electron chi connectivity index (χ0n) is 15.6. The molecule has 0 bridgehead atoms. The third kappa shape index (κ3) is 3.49. The van der Waals surface area contributed by atoms with Crippen molar-refractivity contribution in [3.63, 3.8) is 0 Å². The van der Waals surface area contributed by atoms with E-state index in [1.54, 1.807) is 18.7 Å². The first-order valence-electron chi connectivity index (χ1n) is 9.02. The molecule has 1 atom stereocenters. The predicted molar refractivity (Wildman–Crippen MR) is 108 cm³/mol. The second kappa shape index (κ2) is 7.62. The first-order chi connectivity index (χ1) is 12.8. The van der Waals surface area contributed by atoms with E-state index in [0.29, 0.717) is 13.1 Å². The molecule has 27 heavy (non-hydrogen) atoms. The van der Waals surface area contributed by atoms with Gasteiger partial charge in [-0.15, -0.1) is 0 Å². The van der Waals surface area contributed by atoms with Crippen molar-refractivity contribution in [3.8, 4) is 0 Å². The number of hydrogen-bond donors (Lipinski definition) is 0. The molecule has 0 saturated heterocycles. The van der Waals surface area contributed by atoms with Crippen molar-refractivity contribution < 1.29 is 13.2 Å². The minimum Gasteiger partial charge on any atom is -0.305 e. The molecule has 2 aromatic rings. The molecular formula is C20H23ClN2O3S. The van der Waals surface area contributed by atoms with Crippen molar-refractivity contribution in [1.82, 2.24) is 4.31 Å². The Labute approximate surface area is 165 Å². The molecule has 7 heteroatoms. The maximum Gasteiger partial charge on any atom is 0.260 e. The molecular weight excluding hydrogens is 384 g/mol. The predicted octanol–water partition coefficient (Wildman–Crippen LogP) is 3.96. The molecule has 5 nitrogen and oxygen atoms in total. The van der Waals surface area contributed by atoms with Gasteiger partial charge in [-0.05, 0) is 43.2 Å². The molecule has 0 aliphatic carbocycles. The summed E-state index contributed by atoms with van der Waals surface area (Å²) in [6.07, 6.45) is 0.761. The molecule has 1 amide bonds. The Hall–Kier alpha value is -1.89. The van der Waals surface area contributed by atoms with E-state index < -0.39 is 10.0 Å². The minimum atomic E-state index is -3.67. The zero-order valence-corrected chi connectivity index (χ0v) is 17.2. The van der Waals surface area contributed by atoms with Gasteiger partial charge in [-0.2, -0.15) is 4.31 Å². The highest BCUT2D eigenvalue weighted by Gasteiger charge is 2.33. The number of rotatable bonds is 5. The van der Waals surface area contributed by atoms with Crippen LogP contribution in [0.5, 0.6) is 0 Å². The average molecular weight is 407 g/mol. The van der Waals surface area contributed by atoms with Crippen molar-refractivity contribution in [3.05, 3.63) is 58.6 Å². The summed E-state index contributed by atoms with van der Waals surface area (Å²) in [5.41, 5.74) is 2.15. The lowest BCUT2D eigenvalue weighted by Crippen LogP contribution is -2.36. The molecule has 0 spiro atoms. The van der Waals surface area contributed by atoms with Gasteiger partial charge < -0.3 is 4.90 Å². The summed E-state index contributed by atoms with van der Waals surface area (Å²) in [7, 11) is -3.67. The Balaban J connectivity index is 2.04. The number of halogens is 1. The number of anilines is 1. The number of carbonyl (C=O) groups excluding carboxylic acids is 1. The first-order valence-corrected chi connectivity index (χ1v) is 10.8. The Morgan fingerprint density at radius 2 is 1.85 bits per heavy atom. The van der Waals surface area contributed by atoms with Crippen LogP contribution < -0.4 is 4.90 Å². The van der Waals surface area contributed by atoms with Crippen LogP contribution in [-0.4, -0.2) is 37.8 Å². The van der Waals surface area contributed by atoms with Crippen LogP contribution in [0.1, 0.15) is 36.7 Å². The lowest BCUT2D eigenvalue weighted by atomic mass is 10.1. The Morgan fingerprint density at radius 3 is 2.52 bits per heavy atom. The fourth-order valence-corrected chi connectivity index (χ4v) is 5.23. The molecule has 0 saturated carbocycles. The van der Waals surface area contributed by atoms with E-state index in [1.165, 1.54) is 22.5 Å². The van der Waals surface area contributed by atoms with E-state index in [1.807, 2.05) is 31.2 Å². The first kappa shape index (κ1) is 19.9. The third-order valence-electron chi connectivity index (χ3n) is 4.94. The van der Waals surface area contributed by atoms with Gasteiger partial charge in [-0.25, -0.2) is 8.42 Å². The Kier molecular flexibility index (Phi) is 5.60. The normalized spacial score (nSPS) is 16.6. The van der Waals surface area contributed by atoms with Crippen LogP contribution >= 0.6 is 11.6 Å². The molecule has 0 fully saturated rings. The third-order valence-corrected chi connectivity index (χ3v) is 7.31. The number of carbonyl (C=O) groups is 1. The Morgan fingerprint density at radius 1 is 1.19 bits per heavy atom. The van der Waals surface area contributed by atoms with Crippen LogP contribution in [0.2, 0.25) is 5.02 Å². The maximum absolute atomic E-state index is 13.3. The molecule has 1 aliphatic heterocycles. The largest absolute Gasteiger partial charge is 0.305 e. The van der Waals surface area contributed by atoms with Crippen molar-refractivity contribution in [2.24, 2.45) is 0 Å². The highest BCUT2D eigenvalue weighted by molar-refractivity contribution is 7.89. The molecule has 144 valence electrons. The summed E-state index contributed by atoms with van der Waals surface area (Å²) in [6, 6.07) is 12.1. The highest BCUT2D eigenvalue weighted by Crippen LogP contribution is 2.34. The lowest BCUT2D eigenvalue weighted by molar-refractivity contribution is 0.0981. The van der Waals surface area contributed by atoms with E-state index in [-0.39, 0.29) is 27.4 Å². The molecule has 0 N–H and O–H groups in total. The van der Waals surface area contributed by atoms with Gasteiger partial charge in [0.2, 0.25) is 10.0 Å². The molecule has 1 heterocycles. The molecule has 0 aromatic heterocycles. The van der Waals surface area contributed by atoms with Gasteiger partial charge in [0, 0.05) is 24.8 Å². The summed E-state index contributed by atoms with van der Waals surface area (Å²) < 4.78 is 27.0. The average Bonchev–Trinajstić information content (AvgIpc) is 2.97. The van der Waals surface area contributed by atoms with Gasteiger partial charge in [-0.1, -0.05) is 43.6 Å². The van der Waals surface area contributed by atoms with E-state index in [4.69, 9.17) is 11.6 Å². The van der Waals surface area contributed by atoms with E-state index in [2.05, 4.69) is 0 Å². The fraction of sp³-hybridized carbons (Fsp3) is 0.350. The van der Waals surface area contributed by atoms with Crippen LogP contribution in [0.3, 0.4) is 0 Å². The standard InChI is InChI=1S/C20H23ClN2O3S/c1-4-22(5-2)27(25,26)16-10-11-18(21)17(13-16)20(24)23-14(3)12-15-8-6-7-9-19(15)23/h6-11,13-14H,4-5,12H2,1-3H3/t14-/m0/s1. The summed E-state index contributed by atoms with van der Waals surface area (Å²) in [5.74, 6) is -0.283. The second-order valence-electron chi connectivity index (χ2n) is 6.59. The molecule has 3 rings (SSSR count). The number of nitrogens with zero attached hydrogens (tertiary/aromatic N) is 2. The van der Waals surface area contributed by atoms with Gasteiger partial charge in [0.15, 0.2) is 0 Å². The van der Waals surface area contributed by atoms with Crippen molar-refractivity contribution >= 4 is 33.2 Å². The van der Waals surface area contributed by atoms with Crippen LogP contribution in [0.4, 0.5) is 5.69 Å². The van der Waals surface area contributed by atoms with Crippen molar-refractivity contribution in [2.75, 3.05) is 18.0 Å². The van der Waals surface area contributed by atoms with Crippen LogP contribution in [0, 0.1) is 0 Å². The van der Waals surface area contributed by atoms with Gasteiger partial charge in [0.05, 0.1) is 15.5 Å². The molecule has 1 aliphatic rings. The number of sulfonamides is 1. The number of hydrogen-bond acceptors (Lipinski definition) is 3. The summed E-state index contributed by atoms with van der Waals surface area (Å²) >= 11 is 6.29. The van der Waals surface area contributed by atoms with E-state index in [9.17, 15) is 13.2 Å². The summed E-state index contributed by atoms with van der Waals surface area (Å²) in [5, 5.41) is 0.245. The van der Waals surface area contributed by atoms with Crippen LogP contribution in [0.15, 0.2) is 47.4 Å². The topological polar surface area (TPSA) is 57.7 Å². The Bertz CT molecular complexity index is 971. The van der Waals surface area contributed by atoms with Gasteiger partial charge >= 0.3 is 0 Å². The minimum absolute atomic E-state index is 0.0194. The van der Waals surface area contributed by atoms with E-state index in [0.717, 1.165) is 17.7 Å². The lowest BCUT2D eigenvalue weighted by Gasteiger charge is -2.24. The van der Waals surface area contributed by atoms with Crippen LogP contribution in [0.25, 0.3) is 0 Å². The zero-order chi connectivity index (χ0) is 19.8. The SMILES string of the molecule is CCN(CC)S(=O)(=O)c1ccc(Cl)c(C(=O)N2c3ccccc3C[C@@H]2C)c1. The smallest absolute Gasteiger partial charge is 0.260 e. The van der Waals surface area contributed by atoms with Crippen molar-refractivity contribution in [2.45, 2.75) is 38.1 Å². The second-order valence-corrected chi connectivity index (χ2v) is 8.93. The van der Waals surface area contributed by atoms with Gasteiger partial charge in [0.1, 0.15) is 0 Å². The summed E-state index contributed by atoms with van der Waals surface area (Å²) in [4.78, 5) is 15.0. The molecule has 0 unspecified atom stereocenters. The molecule has 2 aromatic carbocycles. The fourth-order valence-electron chi connectivity index (χ4n) is 3.55. The number of fused-ring (bicyclic) bond motifs is 1. The number of amides is 1. The molecule has 0 radical (unpaired) electrons. The van der Waals surface area contributed by atoms with Crippen molar-refractivity contribution in [1.29, 1.82) is 0 Å². The quantitative estimate of drug-likeness (QED) is 0.755. The monoisotopic (exact) mass is 406 g/mol.